The molecule has 0 N–H and O–H groups in total. The van der Waals surface area contributed by atoms with Gasteiger partial charge in [-0.3, -0.25) is 0 Å². The number of hydrogen-bond donors (Lipinski definition) is 0. The molecule has 2 atom stereocenters. The Morgan fingerprint density at radius 3 is 3.13 bits per heavy atom. The summed E-state index contributed by atoms with van der Waals surface area (Å²) >= 11 is 0. The smallest absolute Gasteiger partial charge is 0.250 e. The van der Waals surface area contributed by atoms with Crippen LogP contribution < -0.4 is 4.74 Å². The molecule has 0 unspecified atom stereocenters. The normalized spacial score (nSPS) is 29.0. The Kier molecular flexibility index (Phi) is 4.57. The maximum atomic E-state index is 13.7. The Balaban J connectivity index is 1.80. The average Bonchev–Trinajstić information content (AvgIpc) is 2.53. The van der Waals surface area contributed by atoms with Crippen LogP contribution in [-0.2, 0) is 14.8 Å². The summed E-state index contributed by atoms with van der Waals surface area (Å²) < 4.78 is 50.4. The van der Waals surface area contributed by atoms with Crippen molar-refractivity contribution in [2.45, 2.75) is 25.4 Å². The van der Waals surface area contributed by atoms with Crippen LogP contribution in [0.15, 0.2) is 18.3 Å². The van der Waals surface area contributed by atoms with Crippen LogP contribution in [0.4, 0.5) is 4.39 Å². The number of aromatic nitrogens is 1. The van der Waals surface area contributed by atoms with Crippen molar-refractivity contribution >= 4 is 10.0 Å². The zero-order valence-corrected chi connectivity index (χ0v) is 13.9. The standard InChI is InChI=1S/C15H21FN2O4S/c1-23(19,20)18-8-5-13-15(10-18,6-3-9-21-13)11-22-14-12(16)4-2-7-17-14/h2,4,7,13H,3,5-6,8-11H2,1H3/t13-,15+/m0/s1. The van der Waals surface area contributed by atoms with Crippen molar-refractivity contribution in [3.63, 3.8) is 0 Å². The number of sulfonamides is 1. The maximum Gasteiger partial charge on any atom is 0.250 e. The molecule has 128 valence electrons. The first kappa shape index (κ1) is 16.6. The molecule has 3 heterocycles. The van der Waals surface area contributed by atoms with Crippen LogP contribution in [0.3, 0.4) is 0 Å². The van der Waals surface area contributed by atoms with Crippen molar-refractivity contribution in [2.24, 2.45) is 5.41 Å². The van der Waals surface area contributed by atoms with E-state index in [1.807, 2.05) is 0 Å². The van der Waals surface area contributed by atoms with Crippen molar-refractivity contribution in [3.05, 3.63) is 24.1 Å². The van der Waals surface area contributed by atoms with Gasteiger partial charge in [0, 0.05) is 31.3 Å². The first-order valence-corrected chi connectivity index (χ1v) is 9.56. The van der Waals surface area contributed by atoms with E-state index in [1.165, 1.54) is 28.9 Å². The van der Waals surface area contributed by atoms with Gasteiger partial charge in [-0.1, -0.05) is 0 Å². The molecule has 0 aliphatic carbocycles. The summed E-state index contributed by atoms with van der Waals surface area (Å²) in [5.41, 5.74) is -0.455. The molecule has 2 aliphatic rings. The number of ether oxygens (including phenoxy) is 2. The molecule has 2 saturated heterocycles. The fourth-order valence-electron chi connectivity index (χ4n) is 3.43. The summed E-state index contributed by atoms with van der Waals surface area (Å²) in [6, 6.07) is 2.79. The topological polar surface area (TPSA) is 68.7 Å². The number of pyridine rings is 1. The SMILES string of the molecule is CS(=O)(=O)N1CC[C@@H]2OCCC[C@]2(COc2ncccc2F)C1. The summed E-state index contributed by atoms with van der Waals surface area (Å²) in [6.45, 7) is 1.65. The Morgan fingerprint density at radius 1 is 1.57 bits per heavy atom. The third-order valence-corrected chi connectivity index (χ3v) is 5.89. The average molecular weight is 344 g/mol. The molecule has 0 amide bonds. The number of nitrogens with zero attached hydrogens (tertiary/aromatic N) is 2. The van der Waals surface area contributed by atoms with Crippen LogP contribution in [0.25, 0.3) is 0 Å². The van der Waals surface area contributed by atoms with Crippen molar-refractivity contribution in [1.82, 2.24) is 9.29 Å². The highest BCUT2D eigenvalue weighted by Crippen LogP contribution is 2.41. The van der Waals surface area contributed by atoms with Crippen LogP contribution >= 0.6 is 0 Å². The summed E-state index contributed by atoms with van der Waals surface area (Å²) in [7, 11) is -3.27. The van der Waals surface area contributed by atoms with Crippen LogP contribution in [0, 0.1) is 11.2 Å². The van der Waals surface area contributed by atoms with Crippen molar-refractivity contribution in [3.8, 4) is 5.88 Å². The Morgan fingerprint density at radius 2 is 2.39 bits per heavy atom. The van der Waals surface area contributed by atoms with Gasteiger partial charge in [0.1, 0.15) is 0 Å². The summed E-state index contributed by atoms with van der Waals surface area (Å²) in [5, 5.41) is 0. The second kappa shape index (κ2) is 6.33. The number of piperidine rings is 1. The van der Waals surface area contributed by atoms with Gasteiger partial charge >= 0.3 is 0 Å². The lowest BCUT2D eigenvalue weighted by Crippen LogP contribution is -2.58. The summed E-state index contributed by atoms with van der Waals surface area (Å²) in [5.74, 6) is -0.573. The lowest BCUT2D eigenvalue weighted by Gasteiger charge is -2.49. The van der Waals surface area contributed by atoms with Gasteiger partial charge in [0.25, 0.3) is 0 Å². The second-order valence-corrected chi connectivity index (χ2v) is 8.27. The third-order valence-electron chi connectivity index (χ3n) is 4.64. The largest absolute Gasteiger partial charge is 0.475 e. The Hall–Kier alpha value is -1.25. The maximum absolute atomic E-state index is 13.7. The molecular formula is C15H21FN2O4S. The molecule has 0 bridgehead atoms. The van der Waals surface area contributed by atoms with E-state index >= 15 is 0 Å². The number of fused-ring (bicyclic) bond motifs is 1. The predicted molar refractivity (Wildman–Crippen MR) is 82.1 cm³/mol. The van der Waals surface area contributed by atoms with E-state index in [0.717, 1.165) is 12.8 Å². The van der Waals surface area contributed by atoms with E-state index in [9.17, 15) is 12.8 Å². The van der Waals surface area contributed by atoms with Crippen LogP contribution in [0.2, 0.25) is 0 Å². The molecular weight excluding hydrogens is 323 g/mol. The van der Waals surface area contributed by atoms with E-state index < -0.39 is 21.3 Å². The lowest BCUT2D eigenvalue weighted by atomic mass is 9.73. The molecule has 0 aromatic carbocycles. The van der Waals surface area contributed by atoms with Gasteiger partial charge in [-0.05, 0) is 31.4 Å². The van der Waals surface area contributed by atoms with Gasteiger partial charge in [0.05, 0.1) is 19.0 Å². The van der Waals surface area contributed by atoms with Gasteiger partial charge in [0.2, 0.25) is 15.9 Å². The summed E-state index contributed by atoms with van der Waals surface area (Å²) in [6.07, 6.45) is 4.86. The van der Waals surface area contributed by atoms with E-state index in [0.29, 0.717) is 26.1 Å². The minimum Gasteiger partial charge on any atom is -0.475 e. The zero-order valence-electron chi connectivity index (χ0n) is 13.1. The van der Waals surface area contributed by atoms with Crippen LogP contribution in [0.1, 0.15) is 19.3 Å². The van der Waals surface area contributed by atoms with Gasteiger partial charge < -0.3 is 9.47 Å². The van der Waals surface area contributed by atoms with Gasteiger partial charge in [0.15, 0.2) is 5.82 Å². The van der Waals surface area contributed by atoms with E-state index in [2.05, 4.69) is 4.98 Å². The molecule has 6 nitrogen and oxygen atoms in total. The van der Waals surface area contributed by atoms with E-state index in [-0.39, 0.29) is 18.6 Å². The Labute approximate surface area is 135 Å². The van der Waals surface area contributed by atoms with Crippen molar-refractivity contribution in [2.75, 3.05) is 32.6 Å². The van der Waals surface area contributed by atoms with E-state index in [4.69, 9.17) is 9.47 Å². The molecule has 8 heteroatoms. The summed E-state index contributed by atoms with van der Waals surface area (Å²) in [4.78, 5) is 3.89. The minimum atomic E-state index is -3.27. The minimum absolute atomic E-state index is 0.0531. The van der Waals surface area contributed by atoms with Gasteiger partial charge in [-0.25, -0.2) is 22.1 Å². The van der Waals surface area contributed by atoms with E-state index in [1.54, 1.807) is 0 Å². The zero-order chi connectivity index (χ0) is 16.5. The van der Waals surface area contributed by atoms with Gasteiger partial charge in [-0.2, -0.15) is 0 Å². The Bertz CT molecular complexity index is 669. The molecule has 1 aromatic heterocycles. The molecule has 0 saturated carbocycles. The highest BCUT2D eigenvalue weighted by atomic mass is 32.2. The number of hydrogen-bond acceptors (Lipinski definition) is 5. The molecule has 2 aliphatic heterocycles. The lowest BCUT2D eigenvalue weighted by molar-refractivity contribution is -0.128. The molecule has 2 fully saturated rings. The highest BCUT2D eigenvalue weighted by Gasteiger charge is 2.48. The van der Waals surface area contributed by atoms with Crippen LogP contribution in [-0.4, -0.2) is 56.4 Å². The van der Waals surface area contributed by atoms with Crippen LogP contribution in [0.5, 0.6) is 5.88 Å². The molecule has 0 radical (unpaired) electrons. The fourth-order valence-corrected chi connectivity index (χ4v) is 4.36. The predicted octanol–water partition coefficient (Wildman–Crippen LogP) is 1.43. The first-order chi connectivity index (χ1) is 10.9. The third kappa shape index (κ3) is 3.49. The highest BCUT2D eigenvalue weighted by molar-refractivity contribution is 7.88. The first-order valence-electron chi connectivity index (χ1n) is 7.71. The van der Waals surface area contributed by atoms with Gasteiger partial charge in [-0.15, -0.1) is 0 Å². The molecule has 0 spiro atoms. The van der Waals surface area contributed by atoms with Crippen molar-refractivity contribution in [1.29, 1.82) is 0 Å². The molecule has 3 rings (SSSR count). The monoisotopic (exact) mass is 344 g/mol. The second-order valence-electron chi connectivity index (χ2n) is 6.29. The van der Waals surface area contributed by atoms with Crippen molar-refractivity contribution < 1.29 is 22.3 Å². The molecule has 1 aromatic rings. The molecule has 23 heavy (non-hydrogen) atoms. The number of rotatable bonds is 4. The fraction of sp³-hybridized carbons (Fsp3) is 0.667. The quantitative estimate of drug-likeness (QED) is 0.826. The number of halogens is 1.